The van der Waals surface area contributed by atoms with Crippen LogP contribution < -0.4 is 0 Å². The predicted molar refractivity (Wildman–Crippen MR) is 87.0 cm³/mol. The lowest BCUT2D eigenvalue weighted by Gasteiger charge is -2.15. The zero-order valence-electron chi connectivity index (χ0n) is 13.1. The maximum atomic E-state index is 13.7. The summed E-state index contributed by atoms with van der Waals surface area (Å²) in [6.07, 6.45) is -0.327. The summed E-state index contributed by atoms with van der Waals surface area (Å²) in [4.78, 5) is 12.1. The number of rotatable bonds is 4. The lowest BCUT2D eigenvalue weighted by Crippen LogP contribution is -2.14. The first-order valence-corrected chi connectivity index (χ1v) is 7.55. The van der Waals surface area contributed by atoms with E-state index in [0.717, 1.165) is 6.92 Å². The van der Waals surface area contributed by atoms with E-state index in [1.165, 1.54) is 12.1 Å². The van der Waals surface area contributed by atoms with E-state index in [-0.39, 0.29) is 17.2 Å². The minimum absolute atomic E-state index is 0.0997. The smallest absolute Gasteiger partial charge is 0.338 e. The average Bonchev–Trinajstić information content (AvgIpc) is 2.46. The first-order chi connectivity index (χ1) is 10.7. The van der Waals surface area contributed by atoms with Crippen molar-refractivity contribution in [2.24, 2.45) is 0 Å². The van der Waals surface area contributed by atoms with Gasteiger partial charge in [0, 0.05) is 17.5 Å². The fraction of sp³-hybridized carbons (Fsp3) is 0.278. The molecule has 0 aliphatic rings. The number of hydrogen-bond acceptors (Lipinski definition) is 2. The van der Waals surface area contributed by atoms with Crippen LogP contribution >= 0.6 is 11.6 Å². The third-order valence-corrected chi connectivity index (χ3v) is 3.45. The van der Waals surface area contributed by atoms with E-state index in [2.05, 4.69) is 0 Å². The van der Waals surface area contributed by atoms with Crippen LogP contribution in [0.5, 0.6) is 0 Å². The molecule has 0 aliphatic heterocycles. The van der Waals surface area contributed by atoms with Crippen LogP contribution in [0, 0.1) is 0 Å². The predicted octanol–water partition coefficient (Wildman–Crippen LogP) is 5.68. The van der Waals surface area contributed by atoms with Crippen molar-refractivity contribution in [3.8, 4) is 11.1 Å². The average molecular weight is 339 g/mol. The molecule has 0 radical (unpaired) electrons. The minimum Gasteiger partial charge on any atom is -0.459 e. The van der Waals surface area contributed by atoms with Gasteiger partial charge < -0.3 is 4.74 Å². The SMILES string of the molecule is CC(C)OC(=O)c1cc(-c2ccc(Cl)cc2)cc(C(C)(F)F)c1. The molecule has 0 fully saturated rings. The number of benzene rings is 2. The molecule has 2 aromatic rings. The molecular weight excluding hydrogens is 322 g/mol. The number of carbonyl (C=O) groups excluding carboxylic acids is 1. The van der Waals surface area contributed by atoms with E-state index < -0.39 is 11.9 Å². The van der Waals surface area contributed by atoms with Gasteiger partial charge in [0.2, 0.25) is 0 Å². The van der Waals surface area contributed by atoms with Gasteiger partial charge in [-0.25, -0.2) is 13.6 Å². The highest BCUT2D eigenvalue weighted by molar-refractivity contribution is 6.30. The molecule has 0 aromatic heterocycles. The molecule has 0 amide bonds. The summed E-state index contributed by atoms with van der Waals surface area (Å²) in [5.74, 6) is -3.68. The van der Waals surface area contributed by atoms with Crippen LogP contribution in [0.15, 0.2) is 42.5 Å². The standard InChI is InChI=1S/C18H17ClF2O2/c1-11(2)23-17(22)14-8-13(9-15(10-14)18(3,20)21)12-4-6-16(19)7-5-12/h4-11H,1-3H3. The monoisotopic (exact) mass is 338 g/mol. The van der Waals surface area contributed by atoms with Crippen molar-refractivity contribution < 1.29 is 18.3 Å². The molecule has 0 atom stereocenters. The van der Waals surface area contributed by atoms with E-state index in [0.29, 0.717) is 16.1 Å². The van der Waals surface area contributed by atoms with Crippen molar-refractivity contribution in [1.82, 2.24) is 0 Å². The van der Waals surface area contributed by atoms with E-state index >= 15 is 0 Å². The van der Waals surface area contributed by atoms with Crippen molar-refractivity contribution in [3.05, 3.63) is 58.6 Å². The Morgan fingerprint density at radius 2 is 1.70 bits per heavy atom. The van der Waals surface area contributed by atoms with Crippen LogP contribution in [0.1, 0.15) is 36.7 Å². The van der Waals surface area contributed by atoms with Gasteiger partial charge in [-0.05, 0) is 55.3 Å². The highest BCUT2D eigenvalue weighted by Gasteiger charge is 2.26. The molecule has 0 spiro atoms. The number of esters is 1. The lowest BCUT2D eigenvalue weighted by atomic mass is 9.97. The summed E-state index contributed by atoms with van der Waals surface area (Å²) in [6.45, 7) is 4.21. The minimum atomic E-state index is -3.06. The second-order valence-electron chi connectivity index (χ2n) is 5.65. The van der Waals surface area contributed by atoms with Gasteiger partial charge in [0.15, 0.2) is 0 Å². The zero-order chi connectivity index (χ0) is 17.2. The van der Waals surface area contributed by atoms with Crippen LogP contribution in [0.4, 0.5) is 8.78 Å². The Morgan fingerprint density at radius 1 is 1.09 bits per heavy atom. The summed E-state index contributed by atoms with van der Waals surface area (Å²) in [6, 6.07) is 10.8. The number of hydrogen-bond donors (Lipinski definition) is 0. The molecular formula is C18H17ClF2O2. The van der Waals surface area contributed by atoms with Gasteiger partial charge in [-0.3, -0.25) is 0 Å². The van der Waals surface area contributed by atoms with Gasteiger partial charge in [0.05, 0.1) is 11.7 Å². The third-order valence-electron chi connectivity index (χ3n) is 3.20. The highest BCUT2D eigenvalue weighted by Crippen LogP contribution is 2.32. The van der Waals surface area contributed by atoms with Crippen molar-refractivity contribution in [2.75, 3.05) is 0 Å². The Hall–Kier alpha value is -1.94. The number of ether oxygens (including phenoxy) is 1. The molecule has 0 aliphatic carbocycles. The van der Waals surface area contributed by atoms with Gasteiger partial charge >= 0.3 is 5.97 Å². The Balaban J connectivity index is 2.53. The summed E-state index contributed by atoms with van der Waals surface area (Å²) >= 11 is 5.85. The van der Waals surface area contributed by atoms with E-state index in [9.17, 15) is 13.6 Å². The maximum absolute atomic E-state index is 13.7. The van der Waals surface area contributed by atoms with E-state index in [1.54, 1.807) is 44.2 Å². The normalized spacial score (nSPS) is 11.6. The Kier molecular flexibility index (Phi) is 5.05. The van der Waals surface area contributed by atoms with Crippen molar-refractivity contribution >= 4 is 17.6 Å². The van der Waals surface area contributed by atoms with E-state index in [1.807, 2.05) is 0 Å². The largest absolute Gasteiger partial charge is 0.459 e. The van der Waals surface area contributed by atoms with Crippen LogP contribution in [-0.2, 0) is 10.7 Å². The van der Waals surface area contributed by atoms with Crippen molar-refractivity contribution in [2.45, 2.75) is 32.8 Å². The lowest BCUT2D eigenvalue weighted by molar-refractivity contribution is 0.0173. The second kappa shape index (κ2) is 6.67. The fourth-order valence-electron chi connectivity index (χ4n) is 2.09. The van der Waals surface area contributed by atoms with E-state index in [4.69, 9.17) is 16.3 Å². The summed E-state index contributed by atoms with van der Waals surface area (Å²) in [7, 11) is 0. The summed E-state index contributed by atoms with van der Waals surface area (Å²) in [5.41, 5.74) is 1.07. The molecule has 2 aromatic carbocycles. The molecule has 0 saturated carbocycles. The Labute approximate surface area is 139 Å². The van der Waals surface area contributed by atoms with Gasteiger partial charge in [-0.1, -0.05) is 23.7 Å². The second-order valence-corrected chi connectivity index (χ2v) is 6.08. The number of carbonyl (C=O) groups is 1. The van der Waals surface area contributed by atoms with Crippen LogP contribution in [-0.4, -0.2) is 12.1 Å². The molecule has 23 heavy (non-hydrogen) atoms. The maximum Gasteiger partial charge on any atom is 0.338 e. The molecule has 0 heterocycles. The molecule has 122 valence electrons. The van der Waals surface area contributed by atoms with Crippen LogP contribution in [0.2, 0.25) is 5.02 Å². The van der Waals surface area contributed by atoms with Gasteiger partial charge in [-0.2, -0.15) is 0 Å². The third kappa shape index (κ3) is 4.52. The molecule has 0 saturated heterocycles. The van der Waals surface area contributed by atoms with Crippen LogP contribution in [0.3, 0.4) is 0 Å². The van der Waals surface area contributed by atoms with Crippen molar-refractivity contribution in [1.29, 1.82) is 0 Å². The van der Waals surface area contributed by atoms with Gasteiger partial charge in [-0.15, -0.1) is 0 Å². The topological polar surface area (TPSA) is 26.3 Å². The molecule has 0 N–H and O–H groups in total. The number of halogens is 3. The summed E-state index contributed by atoms with van der Waals surface area (Å²) < 4.78 is 32.6. The molecule has 5 heteroatoms. The summed E-state index contributed by atoms with van der Waals surface area (Å²) in [5, 5.41) is 0.546. The first kappa shape index (κ1) is 17.4. The van der Waals surface area contributed by atoms with Gasteiger partial charge in [0.25, 0.3) is 5.92 Å². The molecule has 2 nitrogen and oxygen atoms in total. The quantitative estimate of drug-likeness (QED) is 0.670. The number of alkyl halides is 2. The fourth-order valence-corrected chi connectivity index (χ4v) is 2.22. The van der Waals surface area contributed by atoms with Gasteiger partial charge in [0.1, 0.15) is 0 Å². The highest BCUT2D eigenvalue weighted by atomic mass is 35.5. The first-order valence-electron chi connectivity index (χ1n) is 7.17. The Morgan fingerprint density at radius 3 is 2.22 bits per heavy atom. The van der Waals surface area contributed by atoms with Crippen LogP contribution in [0.25, 0.3) is 11.1 Å². The molecule has 0 unspecified atom stereocenters. The zero-order valence-corrected chi connectivity index (χ0v) is 13.8. The molecule has 2 rings (SSSR count). The Bertz CT molecular complexity index is 704. The van der Waals surface area contributed by atoms with Crippen molar-refractivity contribution in [3.63, 3.8) is 0 Å². The molecule has 0 bridgehead atoms.